The highest BCUT2D eigenvalue weighted by molar-refractivity contribution is 7.98. The molecule has 2 fully saturated rings. The van der Waals surface area contributed by atoms with Gasteiger partial charge in [-0.15, -0.1) is 0 Å². The molecule has 0 heterocycles. The molecule has 0 amide bonds. The summed E-state index contributed by atoms with van der Waals surface area (Å²) in [5.74, 6) is 0.603. The van der Waals surface area contributed by atoms with E-state index >= 15 is 0 Å². The molecule has 2 unspecified atom stereocenters. The predicted molar refractivity (Wildman–Crippen MR) is 97.5 cm³/mol. The van der Waals surface area contributed by atoms with Gasteiger partial charge in [0.15, 0.2) is 0 Å². The number of nitrogens with zero attached hydrogens (tertiary/aromatic N) is 2. The zero-order valence-corrected chi connectivity index (χ0v) is 15.4. The van der Waals surface area contributed by atoms with E-state index in [1.165, 1.54) is 25.0 Å². The standard InChI is InChI=1S/C18H24N2O3S/c1-17(2)14-9-10-18(17,3)16(23-4)15(14)24-19-11-12-5-7-13(8-6-12)20(21)22/h5-8,11,14-16H,9-10H2,1-4H3/b19-11+/t14-,15?,16?,18+/m1/s1. The van der Waals surface area contributed by atoms with Crippen molar-refractivity contribution in [2.24, 2.45) is 21.1 Å². The number of nitro benzene ring substituents is 1. The Kier molecular flexibility index (Phi) is 4.47. The topological polar surface area (TPSA) is 64.7 Å². The third-order valence-corrected chi connectivity index (χ3v) is 7.49. The average molecular weight is 348 g/mol. The third kappa shape index (κ3) is 2.56. The second kappa shape index (κ2) is 6.15. The molecule has 130 valence electrons. The number of methoxy groups -OCH3 is 1. The van der Waals surface area contributed by atoms with Gasteiger partial charge in [-0.1, -0.05) is 20.8 Å². The first kappa shape index (κ1) is 17.4. The van der Waals surface area contributed by atoms with Crippen LogP contribution in [0.5, 0.6) is 0 Å². The fourth-order valence-corrected chi connectivity index (χ4v) is 6.05. The molecule has 0 aromatic heterocycles. The second-order valence-corrected chi connectivity index (χ2v) is 8.56. The van der Waals surface area contributed by atoms with Gasteiger partial charge in [0.25, 0.3) is 5.69 Å². The Bertz CT molecular complexity index is 659. The number of benzene rings is 1. The van der Waals surface area contributed by atoms with E-state index in [-0.39, 0.29) is 22.6 Å². The highest BCUT2D eigenvalue weighted by Crippen LogP contribution is 2.68. The minimum Gasteiger partial charge on any atom is -0.380 e. The zero-order chi connectivity index (χ0) is 17.5. The van der Waals surface area contributed by atoms with Crippen LogP contribution in [0.25, 0.3) is 0 Å². The van der Waals surface area contributed by atoms with Gasteiger partial charge < -0.3 is 4.74 Å². The van der Waals surface area contributed by atoms with Crippen LogP contribution in [-0.2, 0) is 4.74 Å². The van der Waals surface area contributed by atoms with Crippen LogP contribution in [0.15, 0.2) is 28.7 Å². The van der Waals surface area contributed by atoms with E-state index in [2.05, 4.69) is 25.2 Å². The summed E-state index contributed by atoms with van der Waals surface area (Å²) in [4.78, 5) is 10.3. The Hall–Kier alpha value is -1.40. The molecule has 2 aliphatic rings. The fourth-order valence-electron chi connectivity index (χ4n) is 4.59. The molecule has 1 aromatic rings. The van der Waals surface area contributed by atoms with Crippen LogP contribution < -0.4 is 0 Å². The number of ether oxygens (including phenoxy) is 1. The van der Waals surface area contributed by atoms with Crippen molar-refractivity contribution in [2.75, 3.05) is 7.11 Å². The quantitative estimate of drug-likeness (QED) is 0.340. The lowest BCUT2D eigenvalue weighted by Crippen LogP contribution is -2.39. The lowest BCUT2D eigenvalue weighted by molar-refractivity contribution is -0.384. The maximum atomic E-state index is 10.7. The molecule has 0 aliphatic heterocycles. The molecule has 2 aliphatic carbocycles. The third-order valence-electron chi connectivity index (χ3n) is 6.44. The van der Waals surface area contributed by atoms with Crippen molar-refractivity contribution in [3.8, 4) is 0 Å². The van der Waals surface area contributed by atoms with Crippen LogP contribution in [-0.4, -0.2) is 29.6 Å². The molecule has 4 atom stereocenters. The van der Waals surface area contributed by atoms with Crippen molar-refractivity contribution in [3.63, 3.8) is 0 Å². The zero-order valence-electron chi connectivity index (χ0n) is 14.6. The molecule has 24 heavy (non-hydrogen) atoms. The smallest absolute Gasteiger partial charge is 0.269 e. The highest BCUT2D eigenvalue weighted by atomic mass is 32.2. The van der Waals surface area contributed by atoms with Crippen LogP contribution in [0.2, 0.25) is 0 Å². The molecule has 0 radical (unpaired) electrons. The summed E-state index contributed by atoms with van der Waals surface area (Å²) in [7, 11) is 1.81. The first-order chi connectivity index (χ1) is 11.3. The van der Waals surface area contributed by atoms with Crippen LogP contribution in [0, 0.1) is 26.9 Å². The van der Waals surface area contributed by atoms with E-state index < -0.39 is 4.92 Å². The second-order valence-electron chi connectivity index (χ2n) is 7.59. The van der Waals surface area contributed by atoms with Crippen molar-refractivity contribution in [1.29, 1.82) is 0 Å². The van der Waals surface area contributed by atoms with Gasteiger partial charge in [0.2, 0.25) is 0 Å². The lowest BCUT2D eigenvalue weighted by Gasteiger charge is -2.38. The van der Waals surface area contributed by atoms with E-state index in [0.29, 0.717) is 11.2 Å². The Balaban J connectivity index is 1.71. The summed E-state index contributed by atoms with van der Waals surface area (Å²) in [5, 5.41) is 11.0. The summed E-state index contributed by atoms with van der Waals surface area (Å²) in [6.45, 7) is 7.07. The van der Waals surface area contributed by atoms with Crippen molar-refractivity contribution in [2.45, 2.75) is 45.0 Å². The Labute approximate surface area is 147 Å². The van der Waals surface area contributed by atoms with E-state index in [4.69, 9.17) is 4.74 Å². The van der Waals surface area contributed by atoms with Crippen LogP contribution >= 0.6 is 11.9 Å². The summed E-state index contributed by atoms with van der Waals surface area (Å²) < 4.78 is 10.4. The summed E-state index contributed by atoms with van der Waals surface area (Å²) in [5.41, 5.74) is 1.43. The number of hydrogen-bond acceptors (Lipinski definition) is 5. The molecule has 5 nitrogen and oxygen atoms in total. The lowest BCUT2D eigenvalue weighted by atomic mass is 9.70. The molecule has 1 aromatic carbocycles. The number of rotatable bonds is 5. The number of nitro groups is 1. The van der Waals surface area contributed by atoms with Crippen LogP contribution in [0.4, 0.5) is 5.69 Å². The maximum absolute atomic E-state index is 10.7. The van der Waals surface area contributed by atoms with Gasteiger partial charge in [-0.2, -0.15) is 0 Å². The first-order valence-electron chi connectivity index (χ1n) is 8.28. The summed E-state index contributed by atoms with van der Waals surface area (Å²) in [6.07, 6.45) is 4.44. The van der Waals surface area contributed by atoms with E-state index in [1.807, 2.05) is 0 Å². The van der Waals surface area contributed by atoms with Crippen LogP contribution in [0.1, 0.15) is 39.2 Å². The fraction of sp³-hybridized carbons (Fsp3) is 0.611. The van der Waals surface area contributed by atoms with Gasteiger partial charge in [0.1, 0.15) is 0 Å². The molecule has 2 bridgehead atoms. The summed E-state index contributed by atoms with van der Waals surface area (Å²) >= 11 is 1.60. The van der Waals surface area contributed by atoms with Crippen molar-refractivity contribution in [3.05, 3.63) is 39.9 Å². The van der Waals surface area contributed by atoms with E-state index in [0.717, 1.165) is 5.56 Å². The van der Waals surface area contributed by atoms with Crippen molar-refractivity contribution < 1.29 is 9.66 Å². The van der Waals surface area contributed by atoms with Gasteiger partial charge in [0, 0.05) is 30.9 Å². The maximum Gasteiger partial charge on any atom is 0.269 e. The molecule has 0 N–H and O–H groups in total. The Morgan fingerprint density at radius 1 is 1.33 bits per heavy atom. The highest BCUT2D eigenvalue weighted by Gasteiger charge is 2.66. The SMILES string of the molecule is COC1C(S/N=C/c2ccc([N+](=O)[O-])cc2)[C@H]2CC[C@]1(C)C2(C)C. The van der Waals surface area contributed by atoms with E-state index in [9.17, 15) is 10.1 Å². The average Bonchev–Trinajstić information content (AvgIpc) is 2.86. The Morgan fingerprint density at radius 3 is 2.58 bits per heavy atom. The largest absolute Gasteiger partial charge is 0.380 e. The first-order valence-corrected chi connectivity index (χ1v) is 9.11. The molecule has 0 spiro atoms. The van der Waals surface area contributed by atoms with Crippen molar-refractivity contribution in [1.82, 2.24) is 0 Å². The molecule has 2 saturated carbocycles. The van der Waals surface area contributed by atoms with Gasteiger partial charge in [-0.25, -0.2) is 4.40 Å². The van der Waals surface area contributed by atoms with Gasteiger partial charge >= 0.3 is 0 Å². The molecular formula is C18H24N2O3S. The molecule has 0 saturated heterocycles. The van der Waals surface area contributed by atoms with Gasteiger partial charge in [-0.05, 0) is 53.8 Å². The molecular weight excluding hydrogens is 324 g/mol. The van der Waals surface area contributed by atoms with Crippen molar-refractivity contribution >= 4 is 23.8 Å². The van der Waals surface area contributed by atoms with Crippen LogP contribution in [0.3, 0.4) is 0 Å². The monoisotopic (exact) mass is 348 g/mol. The molecule has 6 heteroatoms. The number of fused-ring (bicyclic) bond motifs is 2. The normalized spacial score (nSPS) is 34.1. The van der Waals surface area contributed by atoms with Gasteiger partial charge in [-0.3, -0.25) is 10.1 Å². The van der Waals surface area contributed by atoms with E-state index in [1.54, 1.807) is 37.4 Å². The minimum absolute atomic E-state index is 0.0991. The number of hydrogen-bond donors (Lipinski definition) is 0. The molecule has 3 rings (SSSR count). The number of non-ortho nitro benzene ring substituents is 1. The Morgan fingerprint density at radius 2 is 2.00 bits per heavy atom. The van der Waals surface area contributed by atoms with Gasteiger partial charge in [0.05, 0.1) is 16.3 Å². The summed E-state index contributed by atoms with van der Waals surface area (Å²) in [6, 6.07) is 6.46. The minimum atomic E-state index is -0.392. The predicted octanol–water partition coefficient (Wildman–Crippen LogP) is 4.50.